The molecule has 1 aromatic carbocycles. The van der Waals surface area contributed by atoms with Crippen LogP contribution in [-0.4, -0.2) is 38.1 Å². The topological polar surface area (TPSA) is 38.5 Å². The van der Waals surface area contributed by atoms with Gasteiger partial charge in [0.15, 0.2) is 0 Å². The molecule has 0 aliphatic carbocycles. The van der Waals surface area contributed by atoms with Crippen LogP contribution in [0.2, 0.25) is 0 Å². The first kappa shape index (κ1) is 13.7. The van der Waals surface area contributed by atoms with E-state index in [0.29, 0.717) is 31.0 Å². The number of anilines is 1. The highest BCUT2D eigenvalue weighted by Gasteiger charge is 2.06. The molecule has 0 saturated heterocycles. The van der Waals surface area contributed by atoms with Gasteiger partial charge in [-0.2, -0.15) is 0 Å². The van der Waals surface area contributed by atoms with Crippen LogP contribution in [0.15, 0.2) is 24.3 Å². The summed E-state index contributed by atoms with van der Waals surface area (Å²) in [7, 11) is 1.67. The van der Waals surface area contributed by atoms with Crippen molar-refractivity contribution in [3.8, 4) is 5.75 Å². The van der Waals surface area contributed by atoms with Crippen LogP contribution < -0.4 is 10.5 Å². The third-order valence-electron chi connectivity index (χ3n) is 2.26. The van der Waals surface area contributed by atoms with Gasteiger partial charge in [-0.1, -0.05) is 6.07 Å². The molecule has 3 nitrogen and oxygen atoms in total. The molecule has 96 valence electrons. The monoisotopic (exact) mass is 244 g/mol. The summed E-state index contributed by atoms with van der Waals surface area (Å²) in [4.78, 5) is 1.59. The van der Waals surface area contributed by atoms with Crippen LogP contribution in [0.25, 0.3) is 0 Å². The second-order valence-electron chi connectivity index (χ2n) is 3.93. The van der Waals surface area contributed by atoms with E-state index < -0.39 is 6.43 Å². The van der Waals surface area contributed by atoms with Crippen LogP contribution in [0.5, 0.6) is 5.75 Å². The maximum Gasteiger partial charge on any atom is 0.251 e. The fourth-order valence-corrected chi connectivity index (χ4v) is 1.46. The first-order chi connectivity index (χ1) is 8.08. The number of hydrogen-bond acceptors (Lipinski definition) is 3. The van der Waals surface area contributed by atoms with Gasteiger partial charge in [-0.3, -0.25) is 0 Å². The van der Waals surface area contributed by atoms with E-state index in [1.54, 1.807) is 24.1 Å². The van der Waals surface area contributed by atoms with Crippen LogP contribution in [0.1, 0.15) is 6.42 Å². The SMILES string of the molecule is CN(CCCOc1cccc(N)c1)CC(F)F. The Balaban J connectivity index is 2.16. The Bertz CT molecular complexity index is 334. The van der Waals surface area contributed by atoms with Gasteiger partial charge in [0.2, 0.25) is 0 Å². The number of rotatable bonds is 7. The lowest BCUT2D eigenvalue weighted by molar-refractivity contribution is 0.0977. The van der Waals surface area contributed by atoms with Crippen molar-refractivity contribution < 1.29 is 13.5 Å². The quantitative estimate of drug-likeness (QED) is 0.590. The highest BCUT2D eigenvalue weighted by atomic mass is 19.3. The molecule has 0 aliphatic heterocycles. The van der Waals surface area contributed by atoms with Gasteiger partial charge in [0.1, 0.15) is 5.75 Å². The Morgan fingerprint density at radius 2 is 2.18 bits per heavy atom. The van der Waals surface area contributed by atoms with Gasteiger partial charge in [0.05, 0.1) is 13.2 Å². The standard InChI is InChI=1S/C12H18F2N2O/c1-16(9-12(13)14)6-3-7-17-11-5-2-4-10(15)8-11/h2,4-5,8,12H,3,6-7,9,15H2,1H3. The minimum atomic E-state index is -2.28. The van der Waals surface area contributed by atoms with Crippen molar-refractivity contribution in [2.24, 2.45) is 0 Å². The Hall–Kier alpha value is -1.36. The van der Waals surface area contributed by atoms with Gasteiger partial charge < -0.3 is 15.4 Å². The lowest BCUT2D eigenvalue weighted by Gasteiger charge is -2.15. The molecule has 0 unspecified atom stereocenters. The lowest BCUT2D eigenvalue weighted by Crippen LogP contribution is -2.26. The average Bonchev–Trinajstić information content (AvgIpc) is 2.23. The normalized spacial score (nSPS) is 11.1. The molecular formula is C12H18F2N2O. The molecule has 0 atom stereocenters. The van der Waals surface area contributed by atoms with Gasteiger partial charge in [-0.25, -0.2) is 8.78 Å². The molecule has 0 bridgehead atoms. The molecule has 0 aromatic heterocycles. The molecule has 0 saturated carbocycles. The molecule has 0 amide bonds. The minimum absolute atomic E-state index is 0.196. The summed E-state index contributed by atoms with van der Waals surface area (Å²) in [6, 6.07) is 7.15. The molecular weight excluding hydrogens is 226 g/mol. The van der Waals surface area contributed by atoms with E-state index in [1.807, 2.05) is 12.1 Å². The van der Waals surface area contributed by atoms with E-state index in [4.69, 9.17) is 10.5 Å². The van der Waals surface area contributed by atoms with Crippen LogP contribution in [0.3, 0.4) is 0 Å². The minimum Gasteiger partial charge on any atom is -0.493 e. The van der Waals surface area contributed by atoms with E-state index in [9.17, 15) is 8.78 Å². The number of hydrogen-bond donors (Lipinski definition) is 1. The van der Waals surface area contributed by atoms with E-state index in [2.05, 4.69) is 0 Å². The van der Waals surface area contributed by atoms with Gasteiger partial charge in [-0.15, -0.1) is 0 Å². The summed E-state index contributed by atoms with van der Waals surface area (Å²) in [5, 5.41) is 0. The molecule has 17 heavy (non-hydrogen) atoms. The van der Waals surface area contributed by atoms with Crippen molar-refractivity contribution in [3.63, 3.8) is 0 Å². The Morgan fingerprint density at radius 3 is 2.82 bits per heavy atom. The number of benzene rings is 1. The highest BCUT2D eigenvalue weighted by Crippen LogP contribution is 2.14. The molecule has 0 fully saturated rings. The molecule has 0 spiro atoms. The highest BCUT2D eigenvalue weighted by molar-refractivity contribution is 5.43. The average molecular weight is 244 g/mol. The number of nitrogen functional groups attached to an aromatic ring is 1. The lowest BCUT2D eigenvalue weighted by atomic mass is 10.3. The Labute approximate surface area is 100 Å². The van der Waals surface area contributed by atoms with Crippen molar-refractivity contribution in [3.05, 3.63) is 24.3 Å². The van der Waals surface area contributed by atoms with Gasteiger partial charge >= 0.3 is 0 Å². The maximum atomic E-state index is 12.0. The van der Waals surface area contributed by atoms with Gasteiger partial charge in [0.25, 0.3) is 6.43 Å². The second-order valence-corrected chi connectivity index (χ2v) is 3.93. The third kappa shape index (κ3) is 6.06. The van der Waals surface area contributed by atoms with Crippen molar-refractivity contribution in [2.75, 3.05) is 32.5 Å². The molecule has 1 aromatic rings. The fourth-order valence-electron chi connectivity index (χ4n) is 1.46. The number of ether oxygens (including phenoxy) is 1. The predicted octanol–water partition coefficient (Wildman–Crippen LogP) is 2.23. The molecule has 0 radical (unpaired) electrons. The van der Waals surface area contributed by atoms with E-state index in [1.165, 1.54) is 0 Å². The van der Waals surface area contributed by atoms with Crippen molar-refractivity contribution in [1.29, 1.82) is 0 Å². The van der Waals surface area contributed by atoms with Crippen LogP contribution >= 0.6 is 0 Å². The Kier molecular flexibility index (Phi) is 5.69. The summed E-state index contributed by atoms with van der Waals surface area (Å²) in [6.07, 6.45) is -1.58. The van der Waals surface area contributed by atoms with Crippen LogP contribution in [0, 0.1) is 0 Å². The summed E-state index contributed by atoms with van der Waals surface area (Å²) in [5.74, 6) is 0.710. The van der Waals surface area contributed by atoms with Crippen molar-refractivity contribution in [2.45, 2.75) is 12.8 Å². The summed E-state index contributed by atoms with van der Waals surface area (Å²) in [5.41, 5.74) is 6.24. The second kappa shape index (κ2) is 7.06. The maximum absolute atomic E-state index is 12.0. The molecule has 0 heterocycles. The zero-order valence-corrected chi connectivity index (χ0v) is 9.90. The molecule has 1 rings (SSSR count). The number of nitrogens with zero attached hydrogens (tertiary/aromatic N) is 1. The molecule has 2 N–H and O–H groups in total. The zero-order chi connectivity index (χ0) is 12.7. The number of nitrogens with two attached hydrogens (primary N) is 1. The first-order valence-electron chi connectivity index (χ1n) is 5.53. The predicted molar refractivity (Wildman–Crippen MR) is 64.5 cm³/mol. The number of alkyl halides is 2. The first-order valence-corrected chi connectivity index (χ1v) is 5.53. The summed E-state index contributed by atoms with van der Waals surface area (Å²) in [6.45, 7) is 0.891. The zero-order valence-electron chi connectivity index (χ0n) is 9.90. The van der Waals surface area contributed by atoms with Crippen LogP contribution in [0.4, 0.5) is 14.5 Å². The van der Waals surface area contributed by atoms with Gasteiger partial charge in [0, 0.05) is 18.3 Å². The van der Waals surface area contributed by atoms with Gasteiger partial charge in [-0.05, 0) is 25.6 Å². The third-order valence-corrected chi connectivity index (χ3v) is 2.26. The molecule has 0 aliphatic rings. The van der Waals surface area contributed by atoms with E-state index in [0.717, 1.165) is 0 Å². The largest absolute Gasteiger partial charge is 0.493 e. The summed E-state index contributed by atoms with van der Waals surface area (Å²) < 4.78 is 29.5. The number of halogens is 2. The van der Waals surface area contributed by atoms with Crippen LogP contribution in [-0.2, 0) is 0 Å². The van der Waals surface area contributed by atoms with E-state index in [-0.39, 0.29) is 6.54 Å². The smallest absolute Gasteiger partial charge is 0.251 e. The van der Waals surface area contributed by atoms with Crippen molar-refractivity contribution in [1.82, 2.24) is 4.90 Å². The summed E-state index contributed by atoms with van der Waals surface area (Å²) >= 11 is 0. The van der Waals surface area contributed by atoms with Crippen molar-refractivity contribution >= 4 is 5.69 Å². The van der Waals surface area contributed by atoms with E-state index >= 15 is 0 Å². The fraction of sp³-hybridized carbons (Fsp3) is 0.500. The Morgan fingerprint density at radius 1 is 1.41 bits per heavy atom. The molecule has 5 heteroatoms.